The van der Waals surface area contributed by atoms with Crippen LogP contribution in [-0.2, 0) is 16.6 Å². The van der Waals surface area contributed by atoms with Gasteiger partial charge in [0.2, 0.25) is 16.0 Å². The standard InChI is InChI=1S/C27H31FN6O2S2/c1-4-21(18-20(2)28)30-26-11-14-29-27(32-26)31-22-7-9-25(10-8-22)38(35,36)34(19-24-6-5-17-37-24)23-12-15-33(3)16-13-23/h4-11,14,17-18,23H,1,12-13,15-16,19H2,2-3H3,(H,29,31,32). The SMILES string of the molecule is C=CC(C=C(C)F)=Nc1ccnc(Nc2ccc(S(=O)(=O)N(Cc3cccs3)C3CCN(C)CC3)cc2)n1. The number of hydrogen-bond donors (Lipinski definition) is 1. The molecule has 3 aromatic rings. The zero-order chi connectivity index (χ0) is 27.1. The number of benzene rings is 1. The summed E-state index contributed by atoms with van der Waals surface area (Å²) in [5.41, 5.74) is 0.957. The van der Waals surface area contributed by atoms with Gasteiger partial charge in [0.1, 0.15) is 0 Å². The normalized spacial score (nSPS) is 16.1. The number of likely N-dealkylation sites (tertiary alicyclic amines) is 1. The Kier molecular flexibility index (Phi) is 9.16. The zero-order valence-corrected chi connectivity index (χ0v) is 23.1. The Balaban J connectivity index is 1.53. The molecule has 0 saturated carbocycles. The molecule has 0 spiro atoms. The van der Waals surface area contributed by atoms with Crippen LogP contribution in [0.3, 0.4) is 0 Å². The first-order valence-electron chi connectivity index (χ1n) is 12.2. The number of aromatic nitrogens is 2. The number of aliphatic imine (C=N–C) groups is 1. The van der Waals surface area contributed by atoms with E-state index in [1.54, 1.807) is 46.0 Å². The van der Waals surface area contributed by atoms with E-state index in [0.29, 0.717) is 23.8 Å². The van der Waals surface area contributed by atoms with Crippen LogP contribution in [0.5, 0.6) is 0 Å². The van der Waals surface area contributed by atoms with E-state index < -0.39 is 15.9 Å². The summed E-state index contributed by atoms with van der Waals surface area (Å²) < 4.78 is 42.4. The molecule has 200 valence electrons. The van der Waals surface area contributed by atoms with Gasteiger partial charge in [0.05, 0.1) is 16.4 Å². The van der Waals surface area contributed by atoms with Gasteiger partial charge in [-0.25, -0.2) is 22.8 Å². The van der Waals surface area contributed by atoms with Crippen molar-refractivity contribution in [2.75, 3.05) is 25.5 Å². The maximum Gasteiger partial charge on any atom is 0.243 e. The molecule has 1 fully saturated rings. The Hall–Kier alpha value is -3.25. The van der Waals surface area contributed by atoms with Gasteiger partial charge in [-0.2, -0.15) is 9.29 Å². The van der Waals surface area contributed by atoms with E-state index in [-0.39, 0.29) is 16.9 Å². The van der Waals surface area contributed by atoms with Crippen molar-refractivity contribution in [2.24, 2.45) is 4.99 Å². The smallest absolute Gasteiger partial charge is 0.243 e. The summed E-state index contributed by atoms with van der Waals surface area (Å²) in [6.45, 7) is 7.06. The Labute approximate surface area is 227 Å². The highest BCUT2D eigenvalue weighted by molar-refractivity contribution is 7.89. The Morgan fingerprint density at radius 3 is 2.63 bits per heavy atom. The van der Waals surface area contributed by atoms with E-state index in [1.165, 1.54) is 25.3 Å². The van der Waals surface area contributed by atoms with Gasteiger partial charge in [-0.1, -0.05) is 12.6 Å². The Morgan fingerprint density at radius 1 is 1.26 bits per heavy atom. The fraction of sp³-hybridized carbons (Fsp3) is 0.296. The predicted octanol–water partition coefficient (Wildman–Crippen LogP) is 5.70. The van der Waals surface area contributed by atoms with Crippen molar-refractivity contribution in [3.8, 4) is 0 Å². The van der Waals surface area contributed by atoms with E-state index >= 15 is 0 Å². The van der Waals surface area contributed by atoms with Crippen LogP contribution in [0.2, 0.25) is 0 Å². The number of piperidine rings is 1. The fourth-order valence-corrected chi connectivity index (χ4v) is 6.62. The lowest BCUT2D eigenvalue weighted by atomic mass is 10.1. The van der Waals surface area contributed by atoms with Crippen LogP contribution < -0.4 is 5.32 Å². The van der Waals surface area contributed by atoms with Crippen LogP contribution in [0.15, 0.2) is 88.5 Å². The first kappa shape index (κ1) is 27.8. The summed E-state index contributed by atoms with van der Waals surface area (Å²) in [4.78, 5) is 16.3. The van der Waals surface area contributed by atoms with Crippen LogP contribution in [0.25, 0.3) is 0 Å². The van der Waals surface area contributed by atoms with Crippen LogP contribution >= 0.6 is 11.3 Å². The summed E-state index contributed by atoms with van der Waals surface area (Å²) in [7, 11) is -1.66. The molecule has 1 aromatic carbocycles. The largest absolute Gasteiger partial charge is 0.324 e. The molecule has 11 heteroatoms. The van der Waals surface area contributed by atoms with Crippen molar-refractivity contribution in [3.63, 3.8) is 0 Å². The summed E-state index contributed by atoms with van der Waals surface area (Å²) in [6, 6.07) is 12.0. The van der Waals surface area contributed by atoms with Crippen LogP contribution in [0, 0.1) is 0 Å². The number of sulfonamides is 1. The van der Waals surface area contributed by atoms with Crippen molar-refractivity contribution < 1.29 is 12.8 Å². The van der Waals surface area contributed by atoms with Gasteiger partial charge in [0.25, 0.3) is 0 Å². The summed E-state index contributed by atoms with van der Waals surface area (Å²) in [6.07, 6.45) is 5.82. The van der Waals surface area contributed by atoms with Gasteiger partial charge in [0.15, 0.2) is 5.82 Å². The predicted molar refractivity (Wildman–Crippen MR) is 151 cm³/mol. The van der Waals surface area contributed by atoms with E-state index in [0.717, 1.165) is 30.8 Å². The quantitative estimate of drug-likeness (QED) is 0.324. The molecule has 1 N–H and O–H groups in total. The lowest BCUT2D eigenvalue weighted by Gasteiger charge is -2.36. The average molecular weight is 555 g/mol. The highest BCUT2D eigenvalue weighted by Crippen LogP contribution is 2.28. The third-order valence-electron chi connectivity index (χ3n) is 6.14. The number of rotatable bonds is 10. The fourth-order valence-electron chi connectivity index (χ4n) is 4.17. The molecule has 0 atom stereocenters. The summed E-state index contributed by atoms with van der Waals surface area (Å²) in [5, 5.41) is 5.04. The third-order valence-corrected chi connectivity index (χ3v) is 8.92. The first-order valence-corrected chi connectivity index (χ1v) is 14.5. The minimum absolute atomic E-state index is 0.0516. The van der Waals surface area contributed by atoms with Gasteiger partial charge in [-0.3, -0.25) is 0 Å². The third kappa shape index (κ3) is 7.19. The summed E-state index contributed by atoms with van der Waals surface area (Å²) in [5.74, 6) is 0.212. The minimum atomic E-state index is -3.72. The molecule has 0 amide bonds. The van der Waals surface area contributed by atoms with Crippen LogP contribution in [0.1, 0.15) is 24.6 Å². The van der Waals surface area contributed by atoms with Crippen LogP contribution in [0.4, 0.5) is 21.8 Å². The second-order valence-corrected chi connectivity index (χ2v) is 11.9. The molecule has 8 nitrogen and oxygen atoms in total. The molecule has 4 rings (SSSR count). The molecular weight excluding hydrogens is 523 g/mol. The highest BCUT2D eigenvalue weighted by atomic mass is 32.2. The topological polar surface area (TPSA) is 90.8 Å². The van der Waals surface area contributed by atoms with E-state index in [4.69, 9.17) is 0 Å². The van der Waals surface area contributed by atoms with Crippen molar-refractivity contribution in [1.29, 1.82) is 0 Å². The molecule has 3 heterocycles. The second kappa shape index (κ2) is 12.5. The van der Waals surface area contributed by atoms with Crippen molar-refractivity contribution in [3.05, 3.63) is 83.5 Å². The monoisotopic (exact) mass is 554 g/mol. The van der Waals surface area contributed by atoms with Gasteiger partial charge >= 0.3 is 0 Å². The Bertz CT molecular complexity index is 1390. The number of allylic oxidation sites excluding steroid dienone is 3. The Morgan fingerprint density at radius 2 is 2.00 bits per heavy atom. The molecule has 1 aliphatic rings. The number of thiophene rings is 1. The number of nitrogens with one attached hydrogen (secondary N) is 1. The van der Waals surface area contributed by atoms with Gasteiger partial charge < -0.3 is 10.2 Å². The lowest BCUT2D eigenvalue weighted by molar-refractivity contribution is 0.180. The zero-order valence-electron chi connectivity index (χ0n) is 21.4. The molecule has 1 saturated heterocycles. The molecule has 0 aliphatic carbocycles. The lowest BCUT2D eigenvalue weighted by Crippen LogP contribution is -2.45. The van der Waals surface area contributed by atoms with E-state index in [9.17, 15) is 12.8 Å². The second-order valence-electron chi connectivity index (χ2n) is 9.02. The maximum absolute atomic E-state index is 13.8. The minimum Gasteiger partial charge on any atom is -0.324 e. The van der Waals surface area contributed by atoms with Crippen molar-refractivity contribution in [2.45, 2.75) is 37.2 Å². The number of halogens is 1. The molecule has 2 aromatic heterocycles. The van der Waals surface area contributed by atoms with E-state index in [1.807, 2.05) is 17.5 Å². The number of anilines is 2. The molecule has 0 radical (unpaired) electrons. The molecular formula is C27H31FN6O2S2. The van der Waals surface area contributed by atoms with Gasteiger partial charge in [0, 0.05) is 35.4 Å². The van der Waals surface area contributed by atoms with Gasteiger partial charge in [-0.15, -0.1) is 11.3 Å². The van der Waals surface area contributed by atoms with Crippen LogP contribution in [-0.4, -0.2) is 59.5 Å². The number of nitrogens with zero attached hydrogens (tertiary/aromatic N) is 5. The highest BCUT2D eigenvalue weighted by Gasteiger charge is 2.33. The first-order chi connectivity index (χ1) is 18.2. The number of hydrogen-bond acceptors (Lipinski definition) is 8. The van der Waals surface area contributed by atoms with E-state index in [2.05, 4.69) is 38.8 Å². The molecule has 1 aliphatic heterocycles. The van der Waals surface area contributed by atoms with Crippen molar-refractivity contribution in [1.82, 2.24) is 19.2 Å². The molecule has 0 bridgehead atoms. The average Bonchev–Trinajstić information content (AvgIpc) is 3.41. The van der Waals surface area contributed by atoms with Gasteiger partial charge in [-0.05, 0) is 87.8 Å². The summed E-state index contributed by atoms with van der Waals surface area (Å²) >= 11 is 1.56. The molecule has 38 heavy (non-hydrogen) atoms. The maximum atomic E-state index is 13.8. The van der Waals surface area contributed by atoms with Crippen molar-refractivity contribution >= 4 is 44.5 Å². The molecule has 0 unspecified atom stereocenters.